The topological polar surface area (TPSA) is 74.5 Å². The Bertz CT molecular complexity index is 1110. The molecule has 2 aliphatic heterocycles. The second-order valence-corrected chi connectivity index (χ2v) is 9.07. The van der Waals surface area contributed by atoms with E-state index < -0.39 is 5.97 Å². The minimum atomic E-state index is -0.999. The Balaban J connectivity index is 1.28. The van der Waals surface area contributed by atoms with Gasteiger partial charge in [0.25, 0.3) is 0 Å². The SMILES string of the molecule is Cn1cc(CN2CCC3(CCN(c4ncc(C(=O)O)cn4)C3)C2)c2ccc(Cl)cc21. The van der Waals surface area contributed by atoms with Crippen molar-refractivity contribution in [3.05, 3.63) is 52.9 Å². The van der Waals surface area contributed by atoms with Gasteiger partial charge in [0.15, 0.2) is 0 Å². The van der Waals surface area contributed by atoms with Crippen LogP contribution in [0.3, 0.4) is 0 Å². The summed E-state index contributed by atoms with van der Waals surface area (Å²) in [4.78, 5) is 24.3. The standard InChI is InChI=1S/C22H24ClN5O2/c1-26-11-16(18-3-2-17(23)8-19(18)26)12-27-6-4-22(13-27)5-7-28(14-22)21-24-9-15(10-25-21)20(29)30/h2-3,8-11H,4-7,12-14H2,1H3,(H,29,30). The van der Waals surface area contributed by atoms with Crippen molar-refractivity contribution in [1.82, 2.24) is 19.4 Å². The average molecular weight is 426 g/mol. The van der Waals surface area contributed by atoms with E-state index in [0.717, 1.165) is 50.6 Å². The van der Waals surface area contributed by atoms with Gasteiger partial charge in [-0.25, -0.2) is 14.8 Å². The van der Waals surface area contributed by atoms with Crippen LogP contribution < -0.4 is 4.90 Å². The summed E-state index contributed by atoms with van der Waals surface area (Å²) in [5, 5.41) is 11.1. The van der Waals surface area contributed by atoms with Crippen LogP contribution in [0.4, 0.5) is 5.95 Å². The van der Waals surface area contributed by atoms with E-state index >= 15 is 0 Å². The molecule has 0 saturated carbocycles. The molecule has 7 nitrogen and oxygen atoms in total. The molecule has 1 aromatic carbocycles. The Morgan fingerprint density at radius 3 is 2.73 bits per heavy atom. The van der Waals surface area contributed by atoms with Crippen LogP contribution >= 0.6 is 11.6 Å². The van der Waals surface area contributed by atoms with Crippen molar-refractivity contribution in [1.29, 1.82) is 0 Å². The van der Waals surface area contributed by atoms with Crippen LogP contribution in [-0.2, 0) is 13.6 Å². The molecule has 0 bridgehead atoms. The highest BCUT2D eigenvalue weighted by molar-refractivity contribution is 6.31. The first-order valence-electron chi connectivity index (χ1n) is 10.2. The number of hydrogen-bond donors (Lipinski definition) is 1. The number of nitrogens with zero attached hydrogens (tertiary/aromatic N) is 5. The highest BCUT2D eigenvalue weighted by Gasteiger charge is 2.44. The summed E-state index contributed by atoms with van der Waals surface area (Å²) in [5.41, 5.74) is 2.88. The number of aromatic carboxylic acids is 1. The number of carboxylic acid groups (broad SMARTS) is 1. The zero-order valence-corrected chi connectivity index (χ0v) is 17.6. The molecule has 1 spiro atoms. The lowest BCUT2D eigenvalue weighted by molar-refractivity contribution is 0.0696. The Hall–Kier alpha value is -2.64. The van der Waals surface area contributed by atoms with Crippen LogP contribution in [0.15, 0.2) is 36.8 Å². The normalized spacial score (nSPS) is 21.9. The van der Waals surface area contributed by atoms with E-state index in [1.807, 2.05) is 12.1 Å². The van der Waals surface area contributed by atoms with E-state index in [2.05, 4.69) is 43.6 Å². The number of fused-ring (bicyclic) bond motifs is 1. The lowest BCUT2D eigenvalue weighted by atomic mass is 9.86. The van der Waals surface area contributed by atoms with E-state index in [1.165, 1.54) is 28.9 Å². The molecule has 0 aliphatic carbocycles. The summed E-state index contributed by atoms with van der Waals surface area (Å²) in [6.07, 6.45) is 7.27. The molecule has 4 heterocycles. The lowest BCUT2D eigenvalue weighted by Crippen LogP contribution is -2.31. The van der Waals surface area contributed by atoms with Gasteiger partial charge in [0.1, 0.15) is 0 Å². The van der Waals surface area contributed by atoms with Crippen molar-refractivity contribution in [2.75, 3.05) is 31.1 Å². The van der Waals surface area contributed by atoms with Gasteiger partial charge in [-0.2, -0.15) is 0 Å². The summed E-state index contributed by atoms with van der Waals surface area (Å²) in [6.45, 7) is 4.90. The summed E-state index contributed by atoms with van der Waals surface area (Å²) < 4.78 is 2.15. The molecule has 2 saturated heterocycles. The third-order valence-corrected chi connectivity index (χ3v) is 6.79. The number of likely N-dealkylation sites (tertiary alicyclic amines) is 1. The number of benzene rings is 1. The average Bonchev–Trinajstić information content (AvgIpc) is 3.41. The van der Waals surface area contributed by atoms with Crippen LogP contribution in [0.5, 0.6) is 0 Å². The van der Waals surface area contributed by atoms with Gasteiger partial charge in [-0.1, -0.05) is 17.7 Å². The predicted octanol–water partition coefficient (Wildman–Crippen LogP) is 3.42. The molecule has 5 rings (SSSR count). The van der Waals surface area contributed by atoms with Crippen molar-refractivity contribution in [3.63, 3.8) is 0 Å². The maximum absolute atomic E-state index is 11.0. The number of carboxylic acids is 1. The maximum atomic E-state index is 11.0. The van der Waals surface area contributed by atoms with E-state index in [9.17, 15) is 4.79 Å². The van der Waals surface area contributed by atoms with Gasteiger partial charge in [0.2, 0.25) is 5.95 Å². The molecule has 0 radical (unpaired) electrons. The first kappa shape index (κ1) is 19.3. The second-order valence-electron chi connectivity index (χ2n) is 8.64. The van der Waals surface area contributed by atoms with Crippen molar-refractivity contribution >= 4 is 34.4 Å². The first-order chi connectivity index (χ1) is 14.4. The van der Waals surface area contributed by atoms with Crippen LogP contribution in [0.1, 0.15) is 28.8 Å². The van der Waals surface area contributed by atoms with Gasteiger partial charge >= 0.3 is 5.97 Å². The largest absolute Gasteiger partial charge is 0.478 e. The Labute approximate surface area is 179 Å². The van der Waals surface area contributed by atoms with Gasteiger partial charge < -0.3 is 14.6 Å². The highest BCUT2D eigenvalue weighted by Crippen LogP contribution is 2.41. The molecule has 0 amide bonds. The molecule has 8 heteroatoms. The predicted molar refractivity (Wildman–Crippen MR) is 116 cm³/mol. The van der Waals surface area contributed by atoms with Gasteiger partial charge in [-0.05, 0) is 37.1 Å². The zero-order valence-electron chi connectivity index (χ0n) is 16.9. The Morgan fingerprint density at radius 1 is 1.20 bits per heavy atom. The van der Waals surface area contributed by atoms with Crippen LogP contribution in [-0.4, -0.2) is 56.7 Å². The first-order valence-corrected chi connectivity index (χ1v) is 10.6. The molecule has 2 fully saturated rings. The van der Waals surface area contributed by atoms with E-state index in [1.54, 1.807) is 0 Å². The molecular formula is C22H24ClN5O2. The second kappa shape index (κ2) is 7.25. The Morgan fingerprint density at radius 2 is 1.97 bits per heavy atom. The molecule has 1 atom stereocenters. The third kappa shape index (κ3) is 3.42. The number of halogens is 1. The zero-order chi connectivity index (χ0) is 20.9. The summed E-state index contributed by atoms with van der Waals surface area (Å²) in [7, 11) is 2.07. The fraction of sp³-hybridized carbons (Fsp3) is 0.409. The van der Waals surface area contributed by atoms with Gasteiger partial charge in [0, 0.05) is 73.2 Å². The van der Waals surface area contributed by atoms with Crippen LogP contribution in [0.2, 0.25) is 5.02 Å². The lowest BCUT2D eigenvalue weighted by Gasteiger charge is -2.24. The van der Waals surface area contributed by atoms with E-state index in [-0.39, 0.29) is 11.0 Å². The molecule has 3 aromatic rings. The van der Waals surface area contributed by atoms with Crippen molar-refractivity contribution in [3.8, 4) is 0 Å². The van der Waals surface area contributed by atoms with Crippen molar-refractivity contribution in [2.45, 2.75) is 19.4 Å². The molecule has 1 N–H and O–H groups in total. The third-order valence-electron chi connectivity index (χ3n) is 6.55. The molecule has 156 valence electrons. The molecular weight excluding hydrogens is 402 g/mol. The fourth-order valence-corrected chi connectivity index (χ4v) is 5.17. The maximum Gasteiger partial charge on any atom is 0.338 e. The van der Waals surface area contributed by atoms with Gasteiger partial charge in [-0.3, -0.25) is 4.90 Å². The quantitative estimate of drug-likeness (QED) is 0.690. The minimum Gasteiger partial charge on any atom is -0.478 e. The molecule has 2 aromatic heterocycles. The number of rotatable bonds is 4. The molecule has 1 unspecified atom stereocenters. The number of aryl methyl sites for hydroxylation is 1. The monoisotopic (exact) mass is 425 g/mol. The summed E-state index contributed by atoms with van der Waals surface area (Å²) >= 11 is 6.17. The minimum absolute atomic E-state index is 0.121. The number of hydrogen-bond acceptors (Lipinski definition) is 5. The van der Waals surface area contributed by atoms with Gasteiger partial charge in [-0.15, -0.1) is 0 Å². The van der Waals surface area contributed by atoms with E-state index in [4.69, 9.17) is 16.7 Å². The summed E-state index contributed by atoms with van der Waals surface area (Å²) in [5.74, 6) is -0.372. The fourth-order valence-electron chi connectivity index (χ4n) is 5.00. The molecule has 2 aliphatic rings. The summed E-state index contributed by atoms with van der Waals surface area (Å²) in [6, 6.07) is 6.11. The Kier molecular flexibility index (Phi) is 4.67. The van der Waals surface area contributed by atoms with E-state index in [0.29, 0.717) is 5.95 Å². The van der Waals surface area contributed by atoms with Crippen LogP contribution in [0, 0.1) is 5.41 Å². The van der Waals surface area contributed by atoms with Crippen molar-refractivity contribution in [2.24, 2.45) is 12.5 Å². The highest BCUT2D eigenvalue weighted by atomic mass is 35.5. The number of carbonyl (C=O) groups is 1. The molecule has 30 heavy (non-hydrogen) atoms. The van der Waals surface area contributed by atoms with Crippen LogP contribution in [0.25, 0.3) is 10.9 Å². The van der Waals surface area contributed by atoms with Gasteiger partial charge in [0.05, 0.1) is 5.56 Å². The number of aromatic nitrogens is 3. The van der Waals surface area contributed by atoms with Crippen molar-refractivity contribution < 1.29 is 9.90 Å². The smallest absolute Gasteiger partial charge is 0.338 e. The number of anilines is 1.